The molecule has 1 saturated heterocycles. The Balaban J connectivity index is 1.38. The van der Waals surface area contributed by atoms with E-state index in [1.54, 1.807) is 6.33 Å². The molecule has 7 nitrogen and oxygen atoms in total. The van der Waals surface area contributed by atoms with E-state index in [4.69, 9.17) is 9.72 Å². The van der Waals surface area contributed by atoms with Gasteiger partial charge in [-0.15, -0.1) is 0 Å². The maximum absolute atomic E-state index is 5.57. The number of hydrogen-bond acceptors (Lipinski definition) is 5. The number of nitrogens with zero attached hydrogens (tertiary/aromatic N) is 5. The van der Waals surface area contributed by atoms with E-state index in [9.17, 15) is 0 Å². The van der Waals surface area contributed by atoms with Gasteiger partial charge in [0.25, 0.3) is 0 Å². The summed E-state index contributed by atoms with van der Waals surface area (Å²) in [5.74, 6) is 0.923. The Bertz CT molecular complexity index is 1400. The molecule has 0 radical (unpaired) electrons. The second-order valence-corrected chi connectivity index (χ2v) is 11.1. The smallest absolute Gasteiger partial charge is 0.158 e. The standard InChI is InChI=1S/C29H38N6O/c1-17(2)25-26-20(5)27(21-6-8-22(9-7-21)34-10-12-36-13-11-34)30-14-24(26)33-28(25)23-15-35-29(31-16-32-35)19(4)18(23)3/h14-17,21-22,33H,6-13H2,1-5H3. The molecule has 0 spiro atoms. The van der Waals surface area contributed by atoms with E-state index in [-0.39, 0.29) is 0 Å². The SMILES string of the molecule is Cc1c(-c2[nH]c3cnc(C4CCC(N5CCOCC5)CC4)c(C)c3c2C(C)C)cn2ncnc2c1C. The van der Waals surface area contributed by atoms with Crippen LogP contribution in [-0.2, 0) is 4.74 Å². The van der Waals surface area contributed by atoms with Crippen molar-refractivity contribution in [1.29, 1.82) is 0 Å². The van der Waals surface area contributed by atoms with Crippen LogP contribution < -0.4 is 0 Å². The van der Waals surface area contributed by atoms with Gasteiger partial charge in [-0.2, -0.15) is 5.10 Å². The highest BCUT2D eigenvalue weighted by Crippen LogP contribution is 2.42. The number of fused-ring (bicyclic) bond motifs is 2. The summed E-state index contributed by atoms with van der Waals surface area (Å²) in [5.41, 5.74) is 10.9. The van der Waals surface area contributed by atoms with Crippen molar-refractivity contribution in [2.75, 3.05) is 26.3 Å². The Morgan fingerprint density at radius 1 is 0.972 bits per heavy atom. The zero-order chi connectivity index (χ0) is 25.0. The summed E-state index contributed by atoms with van der Waals surface area (Å²) in [6, 6.07) is 0.706. The van der Waals surface area contributed by atoms with E-state index < -0.39 is 0 Å². The zero-order valence-corrected chi connectivity index (χ0v) is 22.3. The molecule has 1 aliphatic heterocycles. The van der Waals surface area contributed by atoms with Gasteiger partial charge in [-0.05, 0) is 74.6 Å². The average Bonchev–Trinajstić information content (AvgIpc) is 3.52. The highest BCUT2D eigenvalue weighted by molar-refractivity contribution is 5.94. The third-order valence-corrected chi connectivity index (χ3v) is 8.78. The summed E-state index contributed by atoms with van der Waals surface area (Å²) in [6.45, 7) is 15.2. The van der Waals surface area contributed by atoms with Crippen molar-refractivity contribution in [3.8, 4) is 11.3 Å². The Kier molecular flexibility index (Phi) is 6.08. The molecule has 0 atom stereocenters. The van der Waals surface area contributed by atoms with Crippen LogP contribution in [0.1, 0.15) is 79.3 Å². The van der Waals surface area contributed by atoms with Crippen LogP contribution in [-0.4, -0.2) is 61.8 Å². The summed E-state index contributed by atoms with van der Waals surface area (Å²) in [6.07, 6.45) is 10.8. The van der Waals surface area contributed by atoms with Crippen LogP contribution >= 0.6 is 0 Å². The van der Waals surface area contributed by atoms with Gasteiger partial charge in [0.15, 0.2) is 5.65 Å². The summed E-state index contributed by atoms with van der Waals surface area (Å²) in [4.78, 5) is 15.9. The van der Waals surface area contributed by atoms with Crippen LogP contribution in [0.15, 0.2) is 18.7 Å². The first-order valence-electron chi connectivity index (χ1n) is 13.6. The predicted molar refractivity (Wildman–Crippen MR) is 144 cm³/mol. The quantitative estimate of drug-likeness (QED) is 0.402. The second kappa shape index (κ2) is 9.27. The van der Waals surface area contributed by atoms with Gasteiger partial charge in [0.2, 0.25) is 0 Å². The fourth-order valence-corrected chi connectivity index (χ4v) is 6.71. The van der Waals surface area contributed by atoms with Gasteiger partial charge < -0.3 is 9.72 Å². The van der Waals surface area contributed by atoms with Crippen LogP contribution in [0, 0.1) is 20.8 Å². The maximum Gasteiger partial charge on any atom is 0.158 e. The number of aryl methyl sites for hydroxylation is 2. The van der Waals surface area contributed by atoms with E-state index in [0.29, 0.717) is 17.9 Å². The van der Waals surface area contributed by atoms with E-state index in [1.807, 2.05) is 4.52 Å². The lowest BCUT2D eigenvalue weighted by molar-refractivity contribution is 0.00720. The lowest BCUT2D eigenvalue weighted by Crippen LogP contribution is -2.44. The van der Waals surface area contributed by atoms with E-state index >= 15 is 0 Å². The topological polar surface area (TPSA) is 71.3 Å². The maximum atomic E-state index is 5.57. The van der Waals surface area contributed by atoms with Gasteiger partial charge in [0.05, 0.1) is 30.6 Å². The van der Waals surface area contributed by atoms with Gasteiger partial charge in [-0.3, -0.25) is 9.88 Å². The molecule has 1 aliphatic carbocycles. The van der Waals surface area contributed by atoms with Gasteiger partial charge >= 0.3 is 0 Å². The molecule has 7 heteroatoms. The third kappa shape index (κ3) is 3.84. The molecule has 4 aromatic heterocycles. The molecule has 0 unspecified atom stereocenters. The normalized spacial score (nSPS) is 21.7. The van der Waals surface area contributed by atoms with E-state index in [0.717, 1.165) is 37.5 Å². The Morgan fingerprint density at radius 2 is 1.72 bits per heavy atom. The fraction of sp³-hybridized carbons (Fsp3) is 0.552. The molecule has 36 heavy (non-hydrogen) atoms. The zero-order valence-electron chi connectivity index (χ0n) is 22.3. The first-order valence-corrected chi connectivity index (χ1v) is 13.6. The largest absolute Gasteiger partial charge is 0.379 e. The van der Waals surface area contributed by atoms with Crippen LogP contribution in [0.3, 0.4) is 0 Å². The van der Waals surface area contributed by atoms with Gasteiger partial charge in [0, 0.05) is 47.9 Å². The lowest BCUT2D eigenvalue weighted by atomic mass is 9.81. The van der Waals surface area contributed by atoms with Crippen molar-refractivity contribution in [2.45, 2.75) is 78.2 Å². The molecular formula is C29H38N6O. The van der Waals surface area contributed by atoms with Crippen LogP contribution in [0.2, 0.25) is 0 Å². The molecule has 2 aliphatic rings. The number of ether oxygens (including phenoxy) is 1. The molecule has 190 valence electrons. The molecule has 2 fully saturated rings. The molecule has 0 bridgehead atoms. The molecule has 5 heterocycles. The number of pyridine rings is 2. The lowest BCUT2D eigenvalue weighted by Gasteiger charge is -2.38. The first-order chi connectivity index (χ1) is 17.4. The van der Waals surface area contributed by atoms with Crippen molar-refractivity contribution < 1.29 is 4.74 Å². The first kappa shape index (κ1) is 23.6. The number of hydrogen-bond donors (Lipinski definition) is 1. The number of nitrogens with one attached hydrogen (secondary N) is 1. The summed E-state index contributed by atoms with van der Waals surface area (Å²) in [5, 5.41) is 5.79. The number of H-pyrrole nitrogens is 1. The minimum atomic E-state index is 0.380. The average molecular weight is 487 g/mol. The number of rotatable bonds is 4. The second-order valence-electron chi connectivity index (χ2n) is 11.1. The van der Waals surface area contributed by atoms with Gasteiger partial charge in [-0.25, -0.2) is 9.50 Å². The van der Waals surface area contributed by atoms with Crippen molar-refractivity contribution in [3.63, 3.8) is 0 Å². The van der Waals surface area contributed by atoms with Crippen molar-refractivity contribution in [1.82, 2.24) is 29.5 Å². The molecule has 0 amide bonds. The highest BCUT2D eigenvalue weighted by atomic mass is 16.5. The van der Waals surface area contributed by atoms with Crippen LogP contribution in [0.5, 0.6) is 0 Å². The van der Waals surface area contributed by atoms with Crippen LogP contribution in [0.25, 0.3) is 27.8 Å². The molecule has 1 saturated carbocycles. The fourth-order valence-electron chi connectivity index (χ4n) is 6.71. The Hall–Kier alpha value is -2.77. The number of morpholine rings is 1. The van der Waals surface area contributed by atoms with Gasteiger partial charge in [-0.1, -0.05) is 13.8 Å². The minimum absolute atomic E-state index is 0.380. The summed E-state index contributed by atoms with van der Waals surface area (Å²) >= 11 is 0. The number of aromatic nitrogens is 5. The van der Waals surface area contributed by atoms with Crippen molar-refractivity contribution in [3.05, 3.63) is 46.7 Å². The van der Waals surface area contributed by atoms with E-state index in [2.05, 4.69) is 67.0 Å². The predicted octanol–water partition coefficient (Wildman–Crippen LogP) is 5.68. The minimum Gasteiger partial charge on any atom is -0.379 e. The molecular weight excluding hydrogens is 448 g/mol. The molecule has 4 aromatic rings. The third-order valence-electron chi connectivity index (χ3n) is 8.78. The summed E-state index contributed by atoms with van der Waals surface area (Å²) < 4.78 is 7.47. The van der Waals surface area contributed by atoms with Gasteiger partial charge in [0.1, 0.15) is 6.33 Å². The van der Waals surface area contributed by atoms with E-state index in [1.165, 1.54) is 70.3 Å². The Morgan fingerprint density at radius 3 is 2.44 bits per heavy atom. The molecule has 0 aromatic carbocycles. The Labute approximate surface area is 213 Å². The van der Waals surface area contributed by atoms with Crippen LogP contribution in [0.4, 0.5) is 0 Å². The van der Waals surface area contributed by atoms with Crippen molar-refractivity contribution in [2.24, 2.45) is 0 Å². The highest BCUT2D eigenvalue weighted by Gasteiger charge is 2.30. The monoisotopic (exact) mass is 486 g/mol. The molecule has 6 rings (SSSR count). The van der Waals surface area contributed by atoms with Crippen molar-refractivity contribution >= 4 is 16.6 Å². The summed E-state index contributed by atoms with van der Waals surface area (Å²) in [7, 11) is 0. The molecule has 1 N–H and O–H groups in total. The number of aromatic amines is 1.